The zero-order valence-corrected chi connectivity index (χ0v) is 9.48. The molecule has 0 aliphatic carbocycles. The number of rotatable bonds is 3. The van der Waals surface area contributed by atoms with E-state index >= 15 is 0 Å². The maximum Gasteiger partial charge on any atom is 0.218 e. The fourth-order valence-electron chi connectivity index (χ4n) is 1.61. The van der Waals surface area contributed by atoms with E-state index in [0.29, 0.717) is 23.7 Å². The molecule has 0 radical (unpaired) electrons. The number of halogens is 1. The van der Waals surface area contributed by atoms with Gasteiger partial charge in [-0.1, -0.05) is 18.2 Å². The smallest absolute Gasteiger partial charge is 0.218 e. The van der Waals surface area contributed by atoms with Crippen LogP contribution in [0.1, 0.15) is 5.56 Å². The fourth-order valence-corrected chi connectivity index (χ4v) is 1.61. The van der Waals surface area contributed by atoms with Gasteiger partial charge in [-0.3, -0.25) is 0 Å². The molecule has 0 aliphatic rings. The SMILES string of the molecule is COc1nc(-c2cccc(F)c2)ccc1CN. The third kappa shape index (κ3) is 2.42. The molecular formula is C13H13FN2O. The molecule has 88 valence electrons. The van der Waals surface area contributed by atoms with Crippen LogP contribution in [0.2, 0.25) is 0 Å². The van der Waals surface area contributed by atoms with Crippen molar-refractivity contribution in [2.45, 2.75) is 6.54 Å². The normalized spacial score (nSPS) is 10.3. The Balaban J connectivity index is 2.46. The number of methoxy groups -OCH3 is 1. The third-order valence-electron chi connectivity index (χ3n) is 2.47. The summed E-state index contributed by atoms with van der Waals surface area (Å²) in [5, 5.41) is 0. The molecule has 0 aliphatic heterocycles. The highest BCUT2D eigenvalue weighted by Crippen LogP contribution is 2.23. The summed E-state index contributed by atoms with van der Waals surface area (Å²) in [5.74, 6) is 0.195. The topological polar surface area (TPSA) is 48.1 Å². The van der Waals surface area contributed by atoms with Crippen molar-refractivity contribution < 1.29 is 9.13 Å². The van der Waals surface area contributed by atoms with Gasteiger partial charge in [-0.2, -0.15) is 0 Å². The van der Waals surface area contributed by atoms with Gasteiger partial charge in [0, 0.05) is 17.7 Å². The van der Waals surface area contributed by atoms with Crippen LogP contribution in [-0.2, 0) is 6.54 Å². The van der Waals surface area contributed by atoms with Gasteiger partial charge in [0.05, 0.1) is 12.8 Å². The quantitative estimate of drug-likeness (QED) is 0.883. The number of nitrogens with zero attached hydrogens (tertiary/aromatic N) is 1. The Morgan fingerprint density at radius 1 is 1.29 bits per heavy atom. The lowest BCUT2D eigenvalue weighted by molar-refractivity contribution is 0.393. The van der Waals surface area contributed by atoms with E-state index in [2.05, 4.69) is 4.98 Å². The molecule has 0 fully saturated rings. The van der Waals surface area contributed by atoms with E-state index in [1.165, 1.54) is 19.2 Å². The van der Waals surface area contributed by atoms with E-state index in [4.69, 9.17) is 10.5 Å². The van der Waals surface area contributed by atoms with Crippen LogP contribution in [0.4, 0.5) is 4.39 Å². The molecule has 0 bridgehead atoms. The van der Waals surface area contributed by atoms with Crippen molar-refractivity contribution in [3.8, 4) is 17.1 Å². The van der Waals surface area contributed by atoms with E-state index in [1.54, 1.807) is 18.2 Å². The summed E-state index contributed by atoms with van der Waals surface area (Å²) in [6, 6.07) is 9.92. The largest absolute Gasteiger partial charge is 0.481 e. The van der Waals surface area contributed by atoms with Crippen LogP contribution in [-0.4, -0.2) is 12.1 Å². The lowest BCUT2D eigenvalue weighted by Gasteiger charge is -2.08. The first-order chi connectivity index (χ1) is 8.24. The summed E-state index contributed by atoms with van der Waals surface area (Å²) in [4.78, 5) is 4.30. The fraction of sp³-hybridized carbons (Fsp3) is 0.154. The van der Waals surface area contributed by atoms with Crippen molar-refractivity contribution in [3.63, 3.8) is 0 Å². The highest BCUT2D eigenvalue weighted by Gasteiger charge is 2.06. The average Bonchev–Trinajstić information content (AvgIpc) is 2.38. The van der Waals surface area contributed by atoms with Crippen molar-refractivity contribution in [2.24, 2.45) is 5.73 Å². The Bertz CT molecular complexity index is 529. The van der Waals surface area contributed by atoms with Crippen LogP contribution < -0.4 is 10.5 Å². The van der Waals surface area contributed by atoms with Gasteiger partial charge in [-0.25, -0.2) is 9.37 Å². The van der Waals surface area contributed by atoms with Crippen LogP contribution in [0, 0.1) is 5.82 Å². The second kappa shape index (κ2) is 4.93. The van der Waals surface area contributed by atoms with Crippen LogP contribution in [0.15, 0.2) is 36.4 Å². The zero-order valence-electron chi connectivity index (χ0n) is 9.48. The van der Waals surface area contributed by atoms with Gasteiger partial charge >= 0.3 is 0 Å². The molecule has 0 atom stereocenters. The second-order valence-corrected chi connectivity index (χ2v) is 3.58. The summed E-state index contributed by atoms with van der Waals surface area (Å²) < 4.78 is 18.2. The Morgan fingerprint density at radius 2 is 2.12 bits per heavy atom. The number of pyridine rings is 1. The number of hydrogen-bond acceptors (Lipinski definition) is 3. The molecule has 3 nitrogen and oxygen atoms in total. The number of ether oxygens (including phenoxy) is 1. The van der Waals surface area contributed by atoms with Gasteiger partial charge in [0.1, 0.15) is 5.82 Å². The summed E-state index contributed by atoms with van der Waals surface area (Å²) >= 11 is 0. The second-order valence-electron chi connectivity index (χ2n) is 3.58. The minimum Gasteiger partial charge on any atom is -0.481 e. The van der Waals surface area contributed by atoms with Crippen molar-refractivity contribution >= 4 is 0 Å². The van der Waals surface area contributed by atoms with E-state index in [1.807, 2.05) is 6.07 Å². The lowest BCUT2D eigenvalue weighted by Crippen LogP contribution is -2.02. The molecule has 0 spiro atoms. The van der Waals surface area contributed by atoms with Crippen LogP contribution in [0.25, 0.3) is 11.3 Å². The van der Waals surface area contributed by atoms with Gasteiger partial charge in [0.25, 0.3) is 0 Å². The number of nitrogens with two attached hydrogens (primary N) is 1. The first-order valence-corrected chi connectivity index (χ1v) is 5.24. The predicted molar refractivity (Wildman–Crippen MR) is 64.1 cm³/mol. The molecule has 2 rings (SSSR count). The van der Waals surface area contributed by atoms with Gasteiger partial charge in [-0.15, -0.1) is 0 Å². The van der Waals surface area contributed by atoms with Crippen LogP contribution in [0.5, 0.6) is 5.88 Å². The Hall–Kier alpha value is -1.94. The molecule has 2 aromatic rings. The molecule has 1 aromatic heterocycles. The first-order valence-electron chi connectivity index (χ1n) is 5.24. The van der Waals surface area contributed by atoms with Crippen molar-refractivity contribution in [3.05, 3.63) is 47.8 Å². The standard InChI is InChI=1S/C13H13FN2O/c1-17-13-10(8-15)5-6-12(16-13)9-3-2-4-11(14)7-9/h2-7H,8,15H2,1H3. The molecule has 0 amide bonds. The highest BCUT2D eigenvalue weighted by atomic mass is 19.1. The minimum absolute atomic E-state index is 0.286. The molecule has 0 saturated heterocycles. The monoisotopic (exact) mass is 232 g/mol. The summed E-state index contributed by atoms with van der Waals surface area (Å²) in [6.07, 6.45) is 0. The lowest BCUT2D eigenvalue weighted by atomic mass is 10.1. The molecule has 1 heterocycles. The molecule has 1 aromatic carbocycles. The van der Waals surface area contributed by atoms with Gasteiger partial charge < -0.3 is 10.5 Å². The molecule has 0 saturated carbocycles. The zero-order chi connectivity index (χ0) is 12.3. The predicted octanol–water partition coefficient (Wildman–Crippen LogP) is 2.35. The number of hydrogen-bond donors (Lipinski definition) is 1. The molecule has 4 heteroatoms. The van der Waals surface area contributed by atoms with E-state index in [-0.39, 0.29) is 5.82 Å². The Kier molecular flexibility index (Phi) is 3.35. The van der Waals surface area contributed by atoms with Crippen LogP contribution in [0.3, 0.4) is 0 Å². The minimum atomic E-state index is -0.286. The van der Waals surface area contributed by atoms with E-state index in [0.717, 1.165) is 5.56 Å². The van der Waals surface area contributed by atoms with E-state index < -0.39 is 0 Å². The van der Waals surface area contributed by atoms with Gasteiger partial charge in [-0.05, 0) is 18.2 Å². The molecular weight excluding hydrogens is 219 g/mol. The maximum absolute atomic E-state index is 13.1. The maximum atomic E-state index is 13.1. The molecule has 17 heavy (non-hydrogen) atoms. The van der Waals surface area contributed by atoms with Gasteiger partial charge in [0.15, 0.2) is 0 Å². The van der Waals surface area contributed by atoms with E-state index in [9.17, 15) is 4.39 Å². The van der Waals surface area contributed by atoms with Crippen molar-refractivity contribution in [1.82, 2.24) is 4.98 Å². The Morgan fingerprint density at radius 3 is 2.76 bits per heavy atom. The number of aromatic nitrogens is 1. The summed E-state index contributed by atoms with van der Waals surface area (Å²) in [7, 11) is 1.54. The molecule has 2 N–H and O–H groups in total. The first kappa shape index (κ1) is 11.5. The molecule has 0 unspecified atom stereocenters. The highest BCUT2D eigenvalue weighted by molar-refractivity contribution is 5.60. The number of benzene rings is 1. The van der Waals surface area contributed by atoms with Gasteiger partial charge in [0.2, 0.25) is 5.88 Å². The summed E-state index contributed by atoms with van der Waals surface area (Å²) in [5.41, 5.74) is 7.77. The average molecular weight is 232 g/mol. The Labute approximate surface area is 99.1 Å². The van der Waals surface area contributed by atoms with Crippen molar-refractivity contribution in [2.75, 3.05) is 7.11 Å². The summed E-state index contributed by atoms with van der Waals surface area (Å²) in [6.45, 7) is 0.361. The van der Waals surface area contributed by atoms with Crippen LogP contribution >= 0.6 is 0 Å². The van der Waals surface area contributed by atoms with Crippen molar-refractivity contribution in [1.29, 1.82) is 0 Å². The third-order valence-corrected chi connectivity index (χ3v) is 2.47.